The zero-order chi connectivity index (χ0) is 15.4. The molecule has 0 saturated heterocycles. The minimum Gasteiger partial charge on any atom is -0.458 e. The lowest BCUT2D eigenvalue weighted by molar-refractivity contribution is 0.0380. The number of aromatic nitrogens is 3. The maximum absolute atomic E-state index is 12.0. The van der Waals surface area contributed by atoms with Crippen molar-refractivity contribution in [2.24, 2.45) is 11.8 Å². The summed E-state index contributed by atoms with van der Waals surface area (Å²) in [6.07, 6.45) is 3.37. The predicted octanol–water partition coefficient (Wildman–Crippen LogP) is 2.39. The van der Waals surface area contributed by atoms with Crippen molar-refractivity contribution in [3.8, 4) is 0 Å². The van der Waals surface area contributed by atoms with Gasteiger partial charge in [-0.15, -0.1) is 5.10 Å². The highest BCUT2D eigenvalue weighted by atomic mass is 16.6. The summed E-state index contributed by atoms with van der Waals surface area (Å²) in [6.45, 7) is 7.09. The van der Waals surface area contributed by atoms with E-state index in [-0.39, 0.29) is 6.61 Å². The van der Waals surface area contributed by atoms with E-state index in [1.54, 1.807) is 7.11 Å². The molecule has 1 aromatic heterocycles. The number of carbonyl (C=O) groups excluding carboxylic acids is 1. The summed E-state index contributed by atoms with van der Waals surface area (Å²) in [5.41, 5.74) is 1.11. The molecule has 3 atom stereocenters. The van der Waals surface area contributed by atoms with Gasteiger partial charge in [0.1, 0.15) is 6.61 Å². The number of hydrogen-bond donors (Lipinski definition) is 0. The van der Waals surface area contributed by atoms with E-state index in [1.807, 2.05) is 11.6 Å². The molecule has 6 nitrogen and oxygen atoms in total. The zero-order valence-corrected chi connectivity index (χ0v) is 13.3. The van der Waals surface area contributed by atoms with Crippen molar-refractivity contribution in [1.29, 1.82) is 0 Å². The Morgan fingerprint density at radius 2 is 2.05 bits per heavy atom. The Hall–Kier alpha value is -1.43. The second-order valence-corrected chi connectivity index (χ2v) is 6.02. The first-order valence-corrected chi connectivity index (χ1v) is 7.62. The third-order valence-electron chi connectivity index (χ3n) is 4.56. The molecular weight excluding hydrogens is 270 g/mol. The lowest BCUT2D eigenvalue weighted by Crippen LogP contribution is -2.25. The van der Waals surface area contributed by atoms with Gasteiger partial charge >= 0.3 is 5.97 Å². The third kappa shape index (κ3) is 3.61. The van der Waals surface area contributed by atoms with Gasteiger partial charge in [0.15, 0.2) is 5.69 Å². The Labute approximate surface area is 125 Å². The number of ether oxygens (including phenoxy) is 2. The fourth-order valence-corrected chi connectivity index (χ4v) is 2.90. The molecule has 0 N–H and O–H groups in total. The second-order valence-electron chi connectivity index (χ2n) is 6.02. The molecule has 0 aromatic carbocycles. The average molecular weight is 295 g/mol. The van der Waals surface area contributed by atoms with Crippen LogP contribution in [0.25, 0.3) is 0 Å². The van der Waals surface area contributed by atoms with Crippen molar-refractivity contribution >= 4 is 5.97 Å². The van der Waals surface area contributed by atoms with E-state index in [9.17, 15) is 4.79 Å². The van der Waals surface area contributed by atoms with E-state index in [4.69, 9.17) is 9.47 Å². The SMILES string of the molecule is COCCOC(=O)c1nnn(C2CCC(C)C(C)C2)c1C. The molecule has 6 heteroatoms. The van der Waals surface area contributed by atoms with E-state index in [2.05, 4.69) is 24.2 Å². The van der Waals surface area contributed by atoms with Gasteiger partial charge in [-0.05, 0) is 38.0 Å². The van der Waals surface area contributed by atoms with Crippen LogP contribution in [0.4, 0.5) is 0 Å². The van der Waals surface area contributed by atoms with E-state index in [0.717, 1.165) is 24.5 Å². The molecule has 118 valence electrons. The van der Waals surface area contributed by atoms with Crippen molar-refractivity contribution in [2.45, 2.75) is 46.1 Å². The third-order valence-corrected chi connectivity index (χ3v) is 4.56. The highest BCUT2D eigenvalue weighted by Crippen LogP contribution is 2.36. The highest BCUT2D eigenvalue weighted by Gasteiger charge is 2.29. The Bertz CT molecular complexity index is 487. The first-order chi connectivity index (χ1) is 10.0. The molecule has 1 aliphatic rings. The molecule has 1 aliphatic carbocycles. The van der Waals surface area contributed by atoms with Crippen LogP contribution in [0.1, 0.15) is 55.3 Å². The minimum absolute atomic E-state index is 0.236. The quantitative estimate of drug-likeness (QED) is 0.616. The maximum Gasteiger partial charge on any atom is 0.360 e. The highest BCUT2D eigenvalue weighted by molar-refractivity contribution is 5.88. The van der Waals surface area contributed by atoms with Crippen LogP contribution in [-0.4, -0.2) is 41.3 Å². The maximum atomic E-state index is 12.0. The van der Waals surface area contributed by atoms with Crippen molar-refractivity contribution in [3.05, 3.63) is 11.4 Å². The topological polar surface area (TPSA) is 66.2 Å². The molecule has 1 heterocycles. The summed E-state index contributed by atoms with van der Waals surface area (Å²) < 4.78 is 11.9. The van der Waals surface area contributed by atoms with Crippen LogP contribution in [0.2, 0.25) is 0 Å². The summed E-state index contributed by atoms with van der Waals surface area (Å²) in [7, 11) is 1.57. The van der Waals surface area contributed by atoms with Gasteiger partial charge in [0.25, 0.3) is 0 Å². The molecule has 0 radical (unpaired) electrons. The van der Waals surface area contributed by atoms with Gasteiger partial charge in [-0.3, -0.25) is 0 Å². The van der Waals surface area contributed by atoms with Gasteiger partial charge in [0, 0.05) is 7.11 Å². The predicted molar refractivity (Wildman–Crippen MR) is 78.1 cm³/mol. The second kappa shape index (κ2) is 7.02. The van der Waals surface area contributed by atoms with Crippen molar-refractivity contribution < 1.29 is 14.3 Å². The molecule has 2 rings (SSSR count). The molecular formula is C15H25N3O3. The normalized spacial score (nSPS) is 25.8. The van der Waals surface area contributed by atoms with Gasteiger partial charge in [-0.25, -0.2) is 9.48 Å². The number of carbonyl (C=O) groups is 1. The molecule has 1 saturated carbocycles. The monoisotopic (exact) mass is 295 g/mol. The van der Waals surface area contributed by atoms with E-state index < -0.39 is 5.97 Å². The van der Waals surface area contributed by atoms with Crippen molar-refractivity contribution in [1.82, 2.24) is 15.0 Å². The van der Waals surface area contributed by atoms with Crippen LogP contribution < -0.4 is 0 Å². The van der Waals surface area contributed by atoms with Crippen LogP contribution in [-0.2, 0) is 9.47 Å². The van der Waals surface area contributed by atoms with E-state index in [0.29, 0.717) is 24.3 Å². The zero-order valence-electron chi connectivity index (χ0n) is 13.3. The standard InChI is InChI=1S/C15H25N3O3/c1-10-5-6-13(9-11(10)2)18-12(3)14(16-17-18)15(19)21-8-7-20-4/h10-11,13H,5-9H2,1-4H3. The molecule has 0 spiro atoms. The first-order valence-electron chi connectivity index (χ1n) is 7.62. The molecule has 1 aromatic rings. The van der Waals surface area contributed by atoms with Crippen LogP contribution in [0, 0.1) is 18.8 Å². The first kappa shape index (κ1) is 15.9. The van der Waals surface area contributed by atoms with Gasteiger partial charge in [-0.2, -0.15) is 0 Å². The summed E-state index contributed by atoms with van der Waals surface area (Å²) in [4.78, 5) is 12.0. The van der Waals surface area contributed by atoms with Crippen LogP contribution in [0.15, 0.2) is 0 Å². The van der Waals surface area contributed by atoms with Gasteiger partial charge in [-0.1, -0.05) is 19.1 Å². The van der Waals surface area contributed by atoms with E-state index >= 15 is 0 Å². The van der Waals surface area contributed by atoms with Gasteiger partial charge in [0.05, 0.1) is 18.3 Å². The number of methoxy groups -OCH3 is 1. The summed E-state index contributed by atoms with van der Waals surface area (Å²) >= 11 is 0. The lowest BCUT2D eigenvalue weighted by atomic mass is 9.79. The number of hydrogen-bond acceptors (Lipinski definition) is 5. The van der Waals surface area contributed by atoms with Crippen LogP contribution >= 0.6 is 0 Å². The summed E-state index contributed by atoms with van der Waals surface area (Å²) in [5, 5.41) is 8.19. The van der Waals surface area contributed by atoms with Crippen molar-refractivity contribution in [2.75, 3.05) is 20.3 Å². The van der Waals surface area contributed by atoms with Gasteiger partial charge < -0.3 is 9.47 Å². The fraction of sp³-hybridized carbons (Fsp3) is 0.800. The molecule has 0 aliphatic heterocycles. The number of rotatable bonds is 5. The minimum atomic E-state index is -0.423. The van der Waals surface area contributed by atoms with Gasteiger partial charge in [0.2, 0.25) is 0 Å². The smallest absolute Gasteiger partial charge is 0.360 e. The Balaban J connectivity index is 2.04. The Morgan fingerprint density at radius 3 is 2.71 bits per heavy atom. The average Bonchev–Trinajstić information content (AvgIpc) is 2.84. The summed E-state index contributed by atoms with van der Waals surface area (Å²) in [5.74, 6) is 1.00. The molecule has 21 heavy (non-hydrogen) atoms. The summed E-state index contributed by atoms with van der Waals surface area (Å²) in [6, 6.07) is 0.337. The number of esters is 1. The van der Waals surface area contributed by atoms with Crippen molar-refractivity contribution in [3.63, 3.8) is 0 Å². The largest absolute Gasteiger partial charge is 0.458 e. The fourth-order valence-electron chi connectivity index (χ4n) is 2.90. The lowest BCUT2D eigenvalue weighted by Gasteiger charge is -2.32. The van der Waals surface area contributed by atoms with Crippen LogP contribution in [0.3, 0.4) is 0 Å². The Kier molecular flexibility index (Phi) is 5.33. The molecule has 1 fully saturated rings. The van der Waals surface area contributed by atoms with Crippen LogP contribution in [0.5, 0.6) is 0 Å². The molecule has 0 bridgehead atoms. The molecule has 3 unspecified atom stereocenters. The molecule has 0 amide bonds. The van der Waals surface area contributed by atoms with E-state index in [1.165, 1.54) is 6.42 Å². The Morgan fingerprint density at radius 1 is 1.29 bits per heavy atom. The number of nitrogens with zero attached hydrogens (tertiary/aromatic N) is 3.